The van der Waals surface area contributed by atoms with Crippen LogP contribution in [0.25, 0.3) is 0 Å². The lowest BCUT2D eigenvalue weighted by Gasteiger charge is -2.23. The zero-order chi connectivity index (χ0) is 19.1. The van der Waals surface area contributed by atoms with E-state index in [1.165, 1.54) is 0 Å². The molecule has 0 fully saturated rings. The van der Waals surface area contributed by atoms with E-state index in [0.29, 0.717) is 13.2 Å². The van der Waals surface area contributed by atoms with Gasteiger partial charge in [0.05, 0.1) is 19.8 Å². The average Bonchev–Trinajstić information content (AvgIpc) is 2.63. The van der Waals surface area contributed by atoms with Crippen LogP contribution in [0.15, 0.2) is 42.5 Å². The zero-order valence-corrected chi connectivity index (χ0v) is 16.2. The van der Waals surface area contributed by atoms with Gasteiger partial charge in [0, 0.05) is 19.2 Å². The number of rotatable bonds is 7. The first kappa shape index (κ1) is 19.6. The molecule has 2 amide bonds. The number of hydrogen-bond donors (Lipinski definition) is 1. The molecule has 5 heteroatoms. The number of aryl methyl sites for hydroxylation is 1. The second kappa shape index (κ2) is 9.13. The van der Waals surface area contributed by atoms with Crippen LogP contribution in [0.5, 0.6) is 11.5 Å². The number of amides is 2. The normalized spacial score (nSPS) is 11.6. The molecule has 0 aliphatic rings. The van der Waals surface area contributed by atoms with Gasteiger partial charge >= 0.3 is 6.03 Å². The Kier molecular flexibility index (Phi) is 6.89. The summed E-state index contributed by atoms with van der Waals surface area (Å²) in [5, 5.41) is 3.03. The van der Waals surface area contributed by atoms with Crippen LogP contribution in [0, 0.1) is 6.92 Å². The summed E-state index contributed by atoms with van der Waals surface area (Å²) in [6, 6.07) is 13.5. The van der Waals surface area contributed by atoms with Crippen LogP contribution in [0.1, 0.15) is 36.6 Å². The summed E-state index contributed by atoms with van der Waals surface area (Å²) in [6.45, 7) is 7.10. The molecule has 1 N–H and O–H groups in total. The maximum atomic E-state index is 12.5. The molecule has 2 rings (SSSR count). The number of carbonyl (C=O) groups is 1. The number of hydrogen-bond acceptors (Lipinski definition) is 3. The van der Waals surface area contributed by atoms with Crippen LogP contribution < -0.4 is 14.8 Å². The minimum atomic E-state index is -0.153. The Bertz CT molecular complexity index is 729. The predicted octanol–water partition coefficient (Wildman–Crippen LogP) is 4.30. The second-order valence-corrected chi connectivity index (χ2v) is 6.35. The summed E-state index contributed by atoms with van der Waals surface area (Å²) in [4.78, 5) is 14.2. The molecule has 0 spiro atoms. The number of nitrogens with one attached hydrogen (secondary N) is 1. The summed E-state index contributed by atoms with van der Waals surface area (Å²) in [5.74, 6) is 1.61. The van der Waals surface area contributed by atoms with Crippen molar-refractivity contribution in [3.63, 3.8) is 0 Å². The SMILES string of the molecule is CCOc1ccc(CN(C)C(=O)NC(C)c2cc(C)ccc2OC)cc1. The van der Waals surface area contributed by atoms with Crippen LogP contribution in [-0.2, 0) is 6.54 Å². The molecule has 0 radical (unpaired) electrons. The molecular weight excluding hydrogens is 328 g/mol. The fraction of sp³-hybridized carbons (Fsp3) is 0.381. The molecule has 0 aliphatic carbocycles. The fourth-order valence-corrected chi connectivity index (χ4v) is 2.77. The van der Waals surface area contributed by atoms with Crippen molar-refractivity contribution in [1.82, 2.24) is 10.2 Å². The van der Waals surface area contributed by atoms with Gasteiger partial charge in [-0.1, -0.05) is 29.8 Å². The van der Waals surface area contributed by atoms with Gasteiger partial charge in [0.15, 0.2) is 0 Å². The average molecular weight is 356 g/mol. The highest BCUT2D eigenvalue weighted by Gasteiger charge is 2.17. The van der Waals surface area contributed by atoms with E-state index in [1.807, 2.05) is 63.2 Å². The minimum Gasteiger partial charge on any atom is -0.496 e. The van der Waals surface area contributed by atoms with Crippen molar-refractivity contribution in [2.75, 3.05) is 20.8 Å². The Morgan fingerprint density at radius 1 is 1.19 bits per heavy atom. The highest BCUT2D eigenvalue weighted by Crippen LogP contribution is 2.26. The monoisotopic (exact) mass is 356 g/mol. The molecule has 26 heavy (non-hydrogen) atoms. The van der Waals surface area contributed by atoms with Crippen LogP contribution >= 0.6 is 0 Å². The van der Waals surface area contributed by atoms with E-state index in [9.17, 15) is 4.79 Å². The van der Waals surface area contributed by atoms with Crippen molar-refractivity contribution in [2.45, 2.75) is 33.4 Å². The quantitative estimate of drug-likeness (QED) is 0.804. The third-order valence-electron chi connectivity index (χ3n) is 4.19. The van der Waals surface area contributed by atoms with Crippen molar-refractivity contribution in [3.05, 3.63) is 59.2 Å². The lowest BCUT2D eigenvalue weighted by molar-refractivity contribution is 0.203. The van der Waals surface area contributed by atoms with E-state index in [4.69, 9.17) is 9.47 Å². The Labute approximate surface area is 155 Å². The lowest BCUT2D eigenvalue weighted by atomic mass is 10.0. The Morgan fingerprint density at radius 2 is 1.88 bits per heavy atom. The van der Waals surface area contributed by atoms with Crippen molar-refractivity contribution >= 4 is 6.03 Å². The first-order valence-corrected chi connectivity index (χ1v) is 8.82. The highest BCUT2D eigenvalue weighted by molar-refractivity contribution is 5.74. The van der Waals surface area contributed by atoms with E-state index in [0.717, 1.165) is 28.2 Å². The summed E-state index contributed by atoms with van der Waals surface area (Å²) >= 11 is 0. The summed E-state index contributed by atoms with van der Waals surface area (Å²) in [7, 11) is 3.42. The van der Waals surface area contributed by atoms with Gasteiger partial charge in [-0.25, -0.2) is 4.79 Å². The maximum Gasteiger partial charge on any atom is 0.317 e. The van der Waals surface area contributed by atoms with Gasteiger partial charge < -0.3 is 19.7 Å². The molecule has 1 atom stereocenters. The van der Waals surface area contributed by atoms with Crippen molar-refractivity contribution in [2.24, 2.45) is 0 Å². The molecule has 2 aromatic rings. The van der Waals surface area contributed by atoms with Gasteiger partial charge in [-0.15, -0.1) is 0 Å². The van der Waals surface area contributed by atoms with E-state index in [1.54, 1.807) is 19.1 Å². The zero-order valence-electron chi connectivity index (χ0n) is 16.2. The van der Waals surface area contributed by atoms with Crippen LogP contribution in [0.3, 0.4) is 0 Å². The first-order valence-electron chi connectivity index (χ1n) is 8.82. The molecule has 0 aromatic heterocycles. The lowest BCUT2D eigenvalue weighted by Crippen LogP contribution is -2.38. The number of carbonyl (C=O) groups excluding carboxylic acids is 1. The highest BCUT2D eigenvalue weighted by atomic mass is 16.5. The molecule has 1 unspecified atom stereocenters. The summed E-state index contributed by atoms with van der Waals surface area (Å²) in [5.41, 5.74) is 3.15. The van der Waals surface area contributed by atoms with Crippen LogP contribution in [-0.4, -0.2) is 31.7 Å². The number of urea groups is 1. The molecule has 5 nitrogen and oxygen atoms in total. The molecule has 2 aromatic carbocycles. The minimum absolute atomic E-state index is 0.130. The predicted molar refractivity (Wildman–Crippen MR) is 104 cm³/mol. The molecule has 0 saturated carbocycles. The Morgan fingerprint density at radius 3 is 2.50 bits per heavy atom. The summed E-state index contributed by atoms with van der Waals surface area (Å²) in [6.07, 6.45) is 0. The summed E-state index contributed by atoms with van der Waals surface area (Å²) < 4.78 is 10.9. The fourth-order valence-electron chi connectivity index (χ4n) is 2.77. The molecule has 0 heterocycles. The van der Waals surface area contributed by atoms with Gasteiger partial charge in [0.1, 0.15) is 11.5 Å². The number of methoxy groups -OCH3 is 1. The third kappa shape index (κ3) is 5.15. The first-order chi connectivity index (χ1) is 12.4. The van der Waals surface area contributed by atoms with Crippen molar-refractivity contribution < 1.29 is 14.3 Å². The van der Waals surface area contributed by atoms with Gasteiger partial charge in [0.25, 0.3) is 0 Å². The van der Waals surface area contributed by atoms with Crippen molar-refractivity contribution in [1.29, 1.82) is 0 Å². The maximum absolute atomic E-state index is 12.5. The topological polar surface area (TPSA) is 50.8 Å². The van der Waals surface area contributed by atoms with Gasteiger partial charge in [-0.05, 0) is 44.5 Å². The van der Waals surface area contributed by atoms with E-state index < -0.39 is 0 Å². The van der Waals surface area contributed by atoms with E-state index in [-0.39, 0.29) is 12.1 Å². The van der Waals surface area contributed by atoms with Crippen LogP contribution in [0.4, 0.5) is 4.79 Å². The second-order valence-electron chi connectivity index (χ2n) is 6.35. The molecular formula is C21H28N2O3. The van der Waals surface area contributed by atoms with Gasteiger partial charge in [-0.3, -0.25) is 0 Å². The van der Waals surface area contributed by atoms with Crippen LogP contribution in [0.2, 0.25) is 0 Å². The largest absolute Gasteiger partial charge is 0.496 e. The molecule has 0 saturated heterocycles. The van der Waals surface area contributed by atoms with E-state index >= 15 is 0 Å². The number of ether oxygens (including phenoxy) is 2. The van der Waals surface area contributed by atoms with Gasteiger partial charge in [-0.2, -0.15) is 0 Å². The van der Waals surface area contributed by atoms with Crippen molar-refractivity contribution in [3.8, 4) is 11.5 Å². The third-order valence-corrected chi connectivity index (χ3v) is 4.19. The van der Waals surface area contributed by atoms with E-state index in [2.05, 4.69) is 5.32 Å². The molecule has 140 valence electrons. The number of benzene rings is 2. The smallest absolute Gasteiger partial charge is 0.317 e. The Balaban J connectivity index is 1.99. The molecule has 0 aliphatic heterocycles. The van der Waals surface area contributed by atoms with Gasteiger partial charge in [0.2, 0.25) is 0 Å². The standard InChI is InChI=1S/C21H28N2O3/c1-6-26-18-10-8-17(9-11-18)14-23(4)21(24)22-16(3)19-13-15(2)7-12-20(19)25-5/h7-13,16H,6,14H2,1-5H3,(H,22,24). The Hall–Kier alpha value is -2.69. The molecule has 0 bridgehead atoms. The number of nitrogens with zero attached hydrogens (tertiary/aromatic N) is 1.